The van der Waals surface area contributed by atoms with Gasteiger partial charge < -0.3 is 10.8 Å². The number of rotatable bonds is 2. The Bertz CT molecular complexity index is 459. The number of aromatic hydroxyl groups is 1. The summed E-state index contributed by atoms with van der Waals surface area (Å²) in [7, 11) is 0. The van der Waals surface area contributed by atoms with E-state index in [1.807, 2.05) is 49.4 Å². The van der Waals surface area contributed by atoms with E-state index < -0.39 is 0 Å². The summed E-state index contributed by atoms with van der Waals surface area (Å²) in [6.07, 6.45) is 0. The maximum absolute atomic E-state index is 9.84. The molecule has 0 radical (unpaired) electrons. The van der Waals surface area contributed by atoms with Crippen molar-refractivity contribution in [2.75, 3.05) is 0 Å². The average Bonchev–Trinajstić information content (AvgIpc) is 2.30. The Labute approximate surface area is 95.4 Å². The molecule has 1 atom stereocenters. The Morgan fingerprint density at radius 2 is 1.69 bits per heavy atom. The third kappa shape index (κ3) is 1.92. The Kier molecular flexibility index (Phi) is 2.93. The van der Waals surface area contributed by atoms with Gasteiger partial charge in [-0.15, -0.1) is 0 Å². The van der Waals surface area contributed by atoms with Gasteiger partial charge >= 0.3 is 0 Å². The van der Waals surface area contributed by atoms with Gasteiger partial charge in [-0.2, -0.15) is 0 Å². The first kappa shape index (κ1) is 10.7. The third-order valence-electron chi connectivity index (χ3n) is 2.77. The van der Waals surface area contributed by atoms with Gasteiger partial charge in [-0.3, -0.25) is 0 Å². The van der Waals surface area contributed by atoms with Gasteiger partial charge in [-0.25, -0.2) is 0 Å². The van der Waals surface area contributed by atoms with Crippen LogP contribution in [0.2, 0.25) is 0 Å². The minimum Gasteiger partial charge on any atom is -0.508 e. The molecule has 0 bridgehead atoms. The van der Waals surface area contributed by atoms with Gasteiger partial charge in [0.25, 0.3) is 0 Å². The molecule has 0 saturated heterocycles. The van der Waals surface area contributed by atoms with E-state index in [1.54, 1.807) is 6.07 Å². The molecule has 82 valence electrons. The SMILES string of the molecule is Cc1cccc(O)c1C(N)c1ccccc1. The van der Waals surface area contributed by atoms with E-state index in [0.717, 1.165) is 16.7 Å². The highest BCUT2D eigenvalue weighted by atomic mass is 16.3. The van der Waals surface area contributed by atoms with Gasteiger partial charge in [0.1, 0.15) is 5.75 Å². The molecule has 2 rings (SSSR count). The summed E-state index contributed by atoms with van der Waals surface area (Å²) in [6.45, 7) is 1.96. The fraction of sp³-hybridized carbons (Fsp3) is 0.143. The lowest BCUT2D eigenvalue weighted by Crippen LogP contribution is -2.13. The molecule has 2 aromatic carbocycles. The van der Waals surface area contributed by atoms with E-state index in [1.165, 1.54) is 0 Å². The first-order valence-corrected chi connectivity index (χ1v) is 5.29. The van der Waals surface area contributed by atoms with Gasteiger partial charge in [0.15, 0.2) is 0 Å². The molecule has 3 N–H and O–H groups in total. The van der Waals surface area contributed by atoms with Crippen molar-refractivity contribution in [3.8, 4) is 5.75 Å². The highest BCUT2D eigenvalue weighted by Gasteiger charge is 2.14. The lowest BCUT2D eigenvalue weighted by Gasteiger charge is -2.16. The van der Waals surface area contributed by atoms with E-state index in [4.69, 9.17) is 5.73 Å². The highest BCUT2D eigenvalue weighted by Crippen LogP contribution is 2.29. The van der Waals surface area contributed by atoms with Crippen LogP contribution in [0.3, 0.4) is 0 Å². The summed E-state index contributed by atoms with van der Waals surface area (Å²) in [5.74, 6) is 0.261. The van der Waals surface area contributed by atoms with Crippen LogP contribution in [0.5, 0.6) is 5.75 Å². The molecule has 1 unspecified atom stereocenters. The molecule has 2 aromatic rings. The Morgan fingerprint density at radius 1 is 1.00 bits per heavy atom. The van der Waals surface area contributed by atoms with Crippen LogP contribution in [0.1, 0.15) is 22.7 Å². The lowest BCUT2D eigenvalue weighted by molar-refractivity contribution is 0.464. The second-order valence-corrected chi connectivity index (χ2v) is 3.90. The van der Waals surface area contributed by atoms with E-state index in [0.29, 0.717) is 0 Å². The standard InChI is InChI=1S/C14H15NO/c1-10-6-5-9-12(16)13(10)14(15)11-7-3-2-4-8-11/h2-9,14,16H,15H2,1H3. The van der Waals surface area contributed by atoms with E-state index >= 15 is 0 Å². The molecule has 0 aliphatic rings. The predicted octanol–water partition coefficient (Wildman–Crippen LogP) is 2.75. The predicted molar refractivity (Wildman–Crippen MR) is 65.3 cm³/mol. The minimum absolute atomic E-state index is 0.261. The molecule has 0 aliphatic carbocycles. The third-order valence-corrected chi connectivity index (χ3v) is 2.77. The van der Waals surface area contributed by atoms with Gasteiger partial charge in [0.05, 0.1) is 6.04 Å². The molecule has 0 spiro atoms. The largest absolute Gasteiger partial charge is 0.508 e. The molecule has 2 nitrogen and oxygen atoms in total. The fourth-order valence-corrected chi connectivity index (χ4v) is 1.90. The fourth-order valence-electron chi connectivity index (χ4n) is 1.90. The van der Waals surface area contributed by atoms with Gasteiger partial charge in [0, 0.05) is 5.56 Å². The number of hydrogen-bond donors (Lipinski definition) is 2. The molecule has 0 fully saturated rings. The molecule has 16 heavy (non-hydrogen) atoms. The number of phenolic OH excluding ortho intramolecular Hbond substituents is 1. The first-order chi connectivity index (χ1) is 7.70. The summed E-state index contributed by atoms with van der Waals surface area (Å²) < 4.78 is 0. The van der Waals surface area contributed by atoms with Crippen molar-refractivity contribution in [2.45, 2.75) is 13.0 Å². The van der Waals surface area contributed by atoms with Crippen LogP contribution in [0.25, 0.3) is 0 Å². The second kappa shape index (κ2) is 4.37. The highest BCUT2D eigenvalue weighted by molar-refractivity contribution is 5.45. The number of phenols is 1. The van der Waals surface area contributed by atoms with Gasteiger partial charge in [0.2, 0.25) is 0 Å². The summed E-state index contributed by atoms with van der Waals surface area (Å²) >= 11 is 0. The number of hydrogen-bond acceptors (Lipinski definition) is 2. The summed E-state index contributed by atoms with van der Waals surface area (Å²) in [6, 6.07) is 15.0. The minimum atomic E-state index is -0.276. The van der Waals surface area contributed by atoms with Crippen molar-refractivity contribution in [1.29, 1.82) is 0 Å². The average molecular weight is 213 g/mol. The maximum Gasteiger partial charge on any atom is 0.120 e. The smallest absolute Gasteiger partial charge is 0.120 e. The van der Waals surface area contributed by atoms with Crippen molar-refractivity contribution < 1.29 is 5.11 Å². The van der Waals surface area contributed by atoms with Gasteiger partial charge in [-0.05, 0) is 24.1 Å². The number of aryl methyl sites for hydroxylation is 1. The van der Waals surface area contributed by atoms with Crippen molar-refractivity contribution in [3.05, 3.63) is 65.2 Å². The summed E-state index contributed by atoms with van der Waals surface area (Å²) in [5.41, 5.74) is 8.97. The molecular formula is C14H15NO. The normalized spacial score (nSPS) is 12.4. The van der Waals surface area contributed by atoms with Crippen molar-refractivity contribution >= 4 is 0 Å². The zero-order chi connectivity index (χ0) is 11.5. The van der Waals surface area contributed by atoms with E-state index in [2.05, 4.69) is 0 Å². The van der Waals surface area contributed by atoms with Crippen LogP contribution in [-0.4, -0.2) is 5.11 Å². The van der Waals surface area contributed by atoms with Crippen LogP contribution in [0.15, 0.2) is 48.5 Å². The van der Waals surface area contributed by atoms with Crippen molar-refractivity contribution in [1.82, 2.24) is 0 Å². The van der Waals surface area contributed by atoms with Crippen LogP contribution < -0.4 is 5.73 Å². The molecule has 0 heterocycles. The maximum atomic E-state index is 9.84. The molecule has 0 aromatic heterocycles. The zero-order valence-electron chi connectivity index (χ0n) is 9.22. The Morgan fingerprint density at radius 3 is 2.31 bits per heavy atom. The van der Waals surface area contributed by atoms with Crippen molar-refractivity contribution in [2.24, 2.45) is 5.73 Å². The molecule has 2 heteroatoms. The van der Waals surface area contributed by atoms with Gasteiger partial charge in [-0.1, -0.05) is 42.5 Å². The Hall–Kier alpha value is -1.80. The monoisotopic (exact) mass is 213 g/mol. The molecule has 0 amide bonds. The summed E-state index contributed by atoms with van der Waals surface area (Å²) in [5, 5.41) is 9.84. The number of benzene rings is 2. The summed E-state index contributed by atoms with van der Waals surface area (Å²) in [4.78, 5) is 0. The first-order valence-electron chi connectivity index (χ1n) is 5.29. The van der Waals surface area contributed by atoms with Crippen molar-refractivity contribution in [3.63, 3.8) is 0 Å². The van der Waals surface area contributed by atoms with Crippen LogP contribution in [0.4, 0.5) is 0 Å². The van der Waals surface area contributed by atoms with Crippen LogP contribution >= 0.6 is 0 Å². The topological polar surface area (TPSA) is 46.2 Å². The van der Waals surface area contributed by atoms with Crippen LogP contribution in [-0.2, 0) is 0 Å². The lowest BCUT2D eigenvalue weighted by atomic mass is 9.95. The number of nitrogens with two attached hydrogens (primary N) is 1. The molecule has 0 aliphatic heterocycles. The zero-order valence-corrected chi connectivity index (χ0v) is 9.22. The second-order valence-electron chi connectivity index (χ2n) is 3.90. The van der Waals surface area contributed by atoms with E-state index in [9.17, 15) is 5.11 Å². The Balaban J connectivity index is 2.46. The quantitative estimate of drug-likeness (QED) is 0.805. The van der Waals surface area contributed by atoms with Crippen LogP contribution in [0, 0.1) is 6.92 Å². The molecular weight excluding hydrogens is 198 g/mol. The molecule has 0 saturated carbocycles. The van der Waals surface area contributed by atoms with E-state index in [-0.39, 0.29) is 11.8 Å².